The lowest BCUT2D eigenvalue weighted by Gasteiger charge is -2.41. The Bertz CT molecular complexity index is 1270. The molecule has 2 fully saturated rings. The van der Waals surface area contributed by atoms with Crippen molar-refractivity contribution >= 4 is 28.8 Å². The summed E-state index contributed by atoms with van der Waals surface area (Å²) in [5.41, 5.74) is 1.64. The highest BCUT2D eigenvalue weighted by atomic mass is 32.1. The molecule has 3 aromatic rings. The summed E-state index contributed by atoms with van der Waals surface area (Å²) in [5, 5.41) is 2.89. The zero-order chi connectivity index (χ0) is 27.1. The van der Waals surface area contributed by atoms with Crippen molar-refractivity contribution in [3.63, 3.8) is 0 Å². The van der Waals surface area contributed by atoms with Gasteiger partial charge in [0.25, 0.3) is 5.91 Å². The standard InChI is InChI=1S/C27H28F3N5O2S/c1-16-22(23(16)28)24(36)35(20-5-3-17(4-6-20)21-13-33-15-38-21)26(2,18-11-31-14-32-12-18)25(37)34-19-7-9-27(29,30)10-8-19/h3-6,11-16,19,22-23H,7-10H2,1-2H3,(H,34,37)/t16-,22-,23+,26-/m0/s1. The van der Waals surface area contributed by atoms with Crippen molar-refractivity contribution in [2.24, 2.45) is 11.8 Å². The van der Waals surface area contributed by atoms with Gasteiger partial charge >= 0.3 is 0 Å². The van der Waals surface area contributed by atoms with Crippen LogP contribution in [0.1, 0.15) is 45.1 Å². The third-order valence-electron chi connectivity index (χ3n) is 7.68. The SMILES string of the molecule is C[C@@H]1[C@@H](F)[C@H]1C(=O)N(c1ccc(-c2cncs2)cc1)[C@](C)(C(=O)NC1CCC(F)(F)CC1)c1cncnc1. The van der Waals surface area contributed by atoms with Crippen LogP contribution in [0.5, 0.6) is 0 Å². The average molecular weight is 544 g/mol. The molecule has 1 aromatic carbocycles. The molecule has 0 aliphatic heterocycles. The summed E-state index contributed by atoms with van der Waals surface area (Å²) in [6.07, 6.45) is 4.18. The van der Waals surface area contributed by atoms with Crippen molar-refractivity contribution in [3.8, 4) is 10.4 Å². The van der Waals surface area contributed by atoms with Crippen LogP contribution in [-0.2, 0) is 15.1 Å². The Morgan fingerprint density at radius 1 is 1.08 bits per heavy atom. The molecule has 1 N–H and O–H groups in total. The molecule has 4 atom stereocenters. The van der Waals surface area contributed by atoms with Gasteiger partial charge in [0.15, 0.2) is 5.54 Å². The Morgan fingerprint density at radius 3 is 2.26 bits per heavy atom. The van der Waals surface area contributed by atoms with Crippen molar-refractivity contribution < 1.29 is 22.8 Å². The molecule has 2 aromatic heterocycles. The molecule has 0 radical (unpaired) electrons. The highest BCUT2D eigenvalue weighted by molar-refractivity contribution is 7.13. The maximum absolute atomic E-state index is 14.5. The number of aromatic nitrogens is 3. The summed E-state index contributed by atoms with van der Waals surface area (Å²) in [6, 6.07) is 6.57. The molecule has 0 bridgehead atoms. The van der Waals surface area contributed by atoms with Gasteiger partial charge in [-0.15, -0.1) is 11.3 Å². The van der Waals surface area contributed by atoms with E-state index < -0.39 is 47.3 Å². The molecule has 2 saturated carbocycles. The normalized spacial score (nSPS) is 24.3. The highest BCUT2D eigenvalue weighted by Crippen LogP contribution is 2.46. The van der Waals surface area contributed by atoms with Gasteiger partial charge in [0, 0.05) is 54.6 Å². The first kappa shape index (κ1) is 26.3. The molecule has 2 heterocycles. The smallest absolute Gasteiger partial charge is 0.251 e. The summed E-state index contributed by atoms with van der Waals surface area (Å²) in [7, 11) is 0. The lowest BCUT2D eigenvalue weighted by atomic mass is 9.87. The van der Waals surface area contributed by atoms with E-state index in [9.17, 15) is 22.8 Å². The Labute approximate surface area is 222 Å². The van der Waals surface area contributed by atoms with Crippen LogP contribution in [0, 0.1) is 11.8 Å². The van der Waals surface area contributed by atoms with Gasteiger partial charge in [-0.25, -0.2) is 23.1 Å². The predicted octanol–water partition coefficient (Wildman–Crippen LogP) is 5.15. The second-order valence-electron chi connectivity index (χ2n) is 10.2. The molecule has 0 saturated heterocycles. The van der Waals surface area contributed by atoms with E-state index >= 15 is 0 Å². The van der Waals surface area contributed by atoms with Crippen molar-refractivity contribution in [3.05, 3.63) is 60.3 Å². The van der Waals surface area contributed by atoms with Gasteiger partial charge in [0.2, 0.25) is 11.8 Å². The topological polar surface area (TPSA) is 88.1 Å². The third-order valence-corrected chi connectivity index (χ3v) is 8.51. The minimum Gasteiger partial charge on any atom is -0.351 e. The number of carbonyl (C=O) groups is 2. The van der Waals surface area contributed by atoms with Crippen LogP contribution in [-0.4, -0.2) is 44.9 Å². The van der Waals surface area contributed by atoms with E-state index in [4.69, 9.17) is 0 Å². The Balaban J connectivity index is 1.55. The van der Waals surface area contributed by atoms with E-state index in [2.05, 4.69) is 20.3 Å². The average Bonchev–Trinajstić information content (AvgIpc) is 3.26. The second-order valence-corrected chi connectivity index (χ2v) is 11.1. The van der Waals surface area contributed by atoms with Gasteiger partial charge in [-0.1, -0.05) is 19.1 Å². The molecule has 200 valence electrons. The predicted molar refractivity (Wildman–Crippen MR) is 137 cm³/mol. The lowest BCUT2D eigenvalue weighted by molar-refractivity contribution is -0.132. The maximum atomic E-state index is 14.5. The fraction of sp³-hybridized carbons (Fsp3) is 0.444. The van der Waals surface area contributed by atoms with E-state index in [0.717, 1.165) is 10.4 Å². The number of nitrogens with zero attached hydrogens (tertiary/aromatic N) is 4. The van der Waals surface area contributed by atoms with E-state index in [1.54, 1.807) is 37.7 Å². The molecule has 0 spiro atoms. The van der Waals surface area contributed by atoms with Gasteiger partial charge in [0.05, 0.1) is 16.3 Å². The van der Waals surface area contributed by atoms with Crippen molar-refractivity contribution in [2.45, 2.75) is 63.2 Å². The molecular formula is C27H28F3N5O2S. The molecule has 38 heavy (non-hydrogen) atoms. The fourth-order valence-electron chi connectivity index (χ4n) is 5.09. The highest BCUT2D eigenvalue weighted by Gasteiger charge is 2.58. The number of amides is 2. The van der Waals surface area contributed by atoms with E-state index in [1.165, 1.54) is 35.0 Å². The molecule has 2 aliphatic rings. The monoisotopic (exact) mass is 543 g/mol. The van der Waals surface area contributed by atoms with Crippen LogP contribution < -0.4 is 10.2 Å². The van der Waals surface area contributed by atoms with E-state index in [-0.39, 0.29) is 25.7 Å². The minimum atomic E-state index is -2.75. The van der Waals surface area contributed by atoms with Gasteiger partial charge in [-0.3, -0.25) is 19.5 Å². The number of hydrogen-bond donors (Lipinski definition) is 1. The fourth-order valence-corrected chi connectivity index (χ4v) is 5.71. The molecule has 11 heteroatoms. The number of rotatable bonds is 7. The molecule has 5 rings (SSSR count). The van der Waals surface area contributed by atoms with Gasteiger partial charge in [-0.2, -0.15) is 0 Å². The Hall–Kier alpha value is -3.34. The van der Waals surface area contributed by atoms with E-state index in [1.807, 2.05) is 12.1 Å². The molecular weight excluding hydrogens is 515 g/mol. The Morgan fingerprint density at radius 2 is 1.71 bits per heavy atom. The number of benzene rings is 1. The lowest BCUT2D eigenvalue weighted by Crippen LogP contribution is -2.59. The van der Waals surface area contributed by atoms with Crippen molar-refractivity contribution in [2.75, 3.05) is 4.90 Å². The van der Waals surface area contributed by atoms with E-state index in [0.29, 0.717) is 11.3 Å². The minimum absolute atomic E-state index is 0.115. The van der Waals surface area contributed by atoms with Crippen LogP contribution in [0.2, 0.25) is 0 Å². The zero-order valence-electron chi connectivity index (χ0n) is 21.0. The van der Waals surface area contributed by atoms with Crippen LogP contribution in [0.25, 0.3) is 10.4 Å². The van der Waals surface area contributed by atoms with Crippen LogP contribution in [0.4, 0.5) is 18.9 Å². The summed E-state index contributed by atoms with van der Waals surface area (Å²) < 4.78 is 42.0. The summed E-state index contributed by atoms with van der Waals surface area (Å²) >= 11 is 1.46. The number of halogens is 3. The number of alkyl halides is 3. The molecule has 2 aliphatic carbocycles. The third kappa shape index (κ3) is 4.91. The van der Waals surface area contributed by atoms with Gasteiger partial charge in [-0.05, 0) is 37.5 Å². The van der Waals surface area contributed by atoms with Gasteiger partial charge < -0.3 is 5.32 Å². The largest absolute Gasteiger partial charge is 0.351 e. The summed E-state index contributed by atoms with van der Waals surface area (Å²) in [6.45, 7) is 3.22. The number of thiazole rings is 1. The second kappa shape index (κ2) is 10.1. The van der Waals surface area contributed by atoms with Crippen LogP contribution in [0.15, 0.2) is 54.7 Å². The zero-order valence-corrected chi connectivity index (χ0v) is 21.8. The molecule has 7 nitrogen and oxygen atoms in total. The first-order valence-electron chi connectivity index (χ1n) is 12.5. The van der Waals surface area contributed by atoms with Crippen LogP contribution in [0.3, 0.4) is 0 Å². The maximum Gasteiger partial charge on any atom is 0.251 e. The summed E-state index contributed by atoms with van der Waals surface area (Å²) in [4.78, 5) is 42.4. The Kier molecular flexibility index (Phi) is 6.97. The van der Waals surface area contributed by atoms with Crippen LogP contribution >= 0.6 is 11.3 Å². The molecule has 2 amide bonds. The van der Waals surface area contributed by atoms with Crippen molar-refractivity contribution in [1.29, 1.82) is 0 Å². The molecule has 0 unspecified atom stereocenters. The van der Waals surface area contributed by atoms with Crippen molar-refractivity contribution in [1.82, 2.24) is 20.3 Å². The number of anilines is 1. The number of nitrogens with one attached hydrogen (secondary N) is 1. The number of carbonyl (C=O) groups excluding carboxylic acids is 2. The first-order valence-corrected chi connectivity index (χ1v) is 13.4. The first-order chi connectivity index (χ1) is 18.1. The van der Waals surface area contributed by atoms with Gasteiger partial charge in [0.1, 0.15) is 12.5 Å². The quantitative estimate of drug-likeness (QED) is 0.446. The number of hydrogen-bond acceptors (Lipinski definition) is 6. The summed E-state index contributed by atoms with van der Waals surface area (Å²) in [5.74, 6) is -5.24.